The lowest BCUT2D eigenvalue weighted by molar-refractivity contribution is 0.139. The van der Waals surface area contributed by atoms with Crippen molar-refractivity contribution in [2.45, 2.75) is 12.8 Å². The Morgan fingerprint density at radius 1 is 1.38 bits per heavy atom. The van der Waals surface area contributed by atoms with E-state index in [4.69, 9.17) is 16.3 Å². The summed E-state index contributed by atoms with van der Waals surface area (Å²) >= 11 is 5.71. The molecule has 0 saturated carbocycles. The van der Waals surface area contributed by atoms with E-state index in [1.165, 1.54) is 0 Å². The molecule has 0 aromatic carbocycles. The van der Waals surface area contributed by atoms with Crippen LogP contribution in [0.1, 0.15) is 12.8 Å². The van der Waals surface area contributed by atoms with Gasteiger partial charge in [0.1, 0.15) is 0 Å². The largest absolute Gasteiger partial charge is 0.384 e. The summed E-state index contributed by atoms with van der Waals surface area (Å²) in [6.45, 7) is 2.90. The highest BCUT2D eigenvalue weighted by Crippen LogP contribution is 2.21. The number of aromatic nitrogens is 2. The molecule has 0 atom stereocenters. The smallest absolute Gasteiger partial charge is 0.151 e. The maximum atomic E-state index is 5.71. The van der Waals surface area contributed by atoms with Gasteiger partial charge in [-0.3, -0.25) is 0 Å². The van der Waals surface area contributed by atoms with Gasteiger partial charge in [0.05, 0.1) is 0 Å². The topological polar surface area (TPSA) is 38.2 Å². The lowest BCUT2D eigenvalue weighted by atomic mass is 9.98. The third-order valence-electron chi connectivity index (χ3n) is 2.96. The first kappa shape index (κ1) is 11.6. The molecular formula is C11H16ClN3O. The van der Waals surface area contributed by atoms with Crippen molar-refractivity contribution < 1.29 is 4.74 Å². The highest BCUT2D eigenvalue weighted by Gasteiger charge is 2.19. The Hall–Kier alpha value is -0.870. The molecule has 1 aliphatic rings. The first-order chi connectivity index (χ1) is 7.79. The van der Waals surface area contributed by atoms with Crippen LogP contribution in [0.5, 0.6) is 0 Å². The van der Waals surface area contributed by atoms with Gasteiger partial charge in [0.2, 0.25) is 0 Å². The van der Waals surface area contributed by atoms with Crippen molar-refractivity contribution in [1.29, 1.82) is 0 Å². The van der Waals surface area contributed by atoms with Crippen molar-refractivity contribution in [2.24, 2.45) is 5.92 Å². The fraction of sp³-hybridized carbons (Fsp3) is 0.636. The molecule has 0 unspecified atom stereocenters. The van der Waals surface area contributed by atoms with E-state index in [-0.39, 0.29) is 0 Å². The summed E-state index contributed by atoms with van der Waals surface area (Å²) in [5.74, 6) is 1.60. The van der Waals surface area contributed by atoms with Gasteiger partial charge in [0.15, 0.2) is 11.0 Å². The van der Waals surface area contributed by atoms with Gasteiger partial charge in [-0.05, 0) is 30.9 Å². The SMILES string of the molecule is COCC1CCN(c2ccc(Cl)nn2)CC1. The van der Waals surface area contributed by atoms with Crippen molar-refractivity contribution in [1.82, 2.24) is 10.2 Å². The minimum atomic E-state index is 0.443. The number of anilines is 1. The molecule has 4 nitrogen and oxygen atoms in total. The van der Waals surface area contributed by atoms with Crippen LogP contribution in [0.25, 0.3) is 0 Å². The van der Waals surface area contributed by atoms with Crippen molar-refractivity contribution in [3.8, 4) is 0 Å². The quantitative estimate of drug-likeness (QED) is 0.811. The lowest BCUT2D eigenvalue weighted by Crippen LogP contribution is -2.35. The number of piperidine rings is 1. The maximum Gasteiger partial charge on any atom is 0.151 e. The van der Waals surface area contributed by atoms with E-state index in [0.717, 1.165) is 38.4 Å². The monoisotopic (exact) mass is 241 g/mol. The minimum absolute atomic E-state index is 0.443. The van der Waals surface area contributed by atoms with E-state index < -0.39 is 0 Å². The second-order valence-electron chi connectivity index (χ2n) is 4.10. The average Bonchev–Trinajstić information content (AvgIpc) is 2.32. The Balaban J connectivity index is 1.91. The fourth-order valence-electron chi connectivity index (χ4n) is 2.04. The molecule has 0 bridgehead atoms. The first-order valence-electron chi connectivity index (χ1n) is 5.52. The second-order valence-corrected chi connectivity index (χ2v) is 4.49. The van der Waals surface area contributed by atoms with Gasteiger partial charge in [-0.25, -0.2) is 0 Å². The third kappa shape index (κ3) is 2.83. The van der Waals surface area contributed by atoms with Crippen LogP contribution in [0, 0.1) is 5.92 Å². The van der Waals surface area contributed by atoms with Crippen molar-refractivity contribution in [3.05, 3.63) is 17.3 Å². The van der Waals surface area contributed by atoms with Crippen LogP contribution < -0.4 is 4.90 Å². The molecule has 0 amide bonds. The highest BCUT2D eigenvalue weighted by molar-refractivity contribution is 6.29. The van der Waals surface area contributed by atoms with Gasteiger partial charge < -0.3 is 9.64 Å². The number of hydrogen-bond acceptors (Lipinski definition) is 4. The summed E-state index contributed by atoms with van der Waals surface area (Å²) < 4.78 is 5.17. The number of halogens is 1. The number of hydrogen-bond donors (Lipinski definition) is 0. The lowest BCUT2D eigenvalue weighted by Gasteiger charge is -2.32. The Morgan fingerprint density at radius 3 is 2.69 bits per heavy atom. The molecule has 1 aromatic rings. The Kier molecular flexibility index (Phi) is 3.96. The molecule has 1 aromatic heterocycles. The summed E-state index contributed by atoms with van der Waals surface area (Å²) in [5.41, 5.74) is 0. The van der Waals surface area contributed by atoms with Crippen molar-refractivity contribution in [2.75, 3.05) is 31.7 Å². The van der Waals surface area contributed by atoms with Gasteiger partial charge in [0.25, 0.3) is 0 Å². The first-order valence-corrected chi connectivity index (χ1v) is 5.90. The summed E-state index contributed by atoms with van der Waals surface area (Å²) in [6.07, 6.45) is 2.30. The van der Waals surface area contributed by atoms with Crippen molar-refractivity contribution in [3.63, 3.8) is 0 Å². The molecule has 88 valence electrons. The number of nitrogens with zero attached hydrogens (tertiary/aromatic N) is 3. The Labute approximate surface area is 101 Å². The molecule has 2 rings (SSSR count). The molecule has 0 spiro atoms. The zero-order valence-electron chi connectivity index (χ0n) is 9.40. The molecular weight excluding hydrogens is 226 g/mol. The summed E-state index contributed by atoms with van der Waals surface area (Å²) in [6, 6.07) is 3.71. The average molecular weight is 242 g/mol. The molecule has 5 heteroatoms. The highest BCUT2D eigenvalue weighted by atomic mass is 35.5. The van der Waals surface area contributed by atoms with Crippen LogP contribution in [0.2, 0.25) is 5.15 Å². The summed E-state index contributed by atoms with van der Waals surface area (Å²) in [5, 5.41) is 8.39. The predicted molar refractivity (Wildman–Crippen MR) is 63.9 cm³/mol. The summed E-state index contributed by atoms with van der Waals surface area (Å²) in [4.78, 5) is 2.25. The molecule has 16 heavy (non-hydrogen) atoms. The molecule has 0 aliphatic carbocycles. The molecule has 1 saturated heterocycles. The van der Waals surface area contributed by atoms with Gasteiger partial charge in [0, 0.05) is 26.8 Å². The normalized spacial score (nSPS) is 17.8. The van der Waals surface area contributed by atoms with E-state index in [0.29, 0.717) is 11.1 Å². The molecule has 1 fully saturated rings. The van der Waals surface area contributed by atoms with E-state index in [9.17, 15) is 0 Å². The molecule has 0 radical (unpaired) electrons. The van der Waals surface area contributed by atoms with Gasteiger partial charge in [-0.1, -0.05) is 11.6 Å². The zero-order valence-corrected chi connectivity index (χ0v) is 10.2. The maximum absolute atomic E-state index is 5.71. The van der Waals surface area contributed by atoms with Gasteiger partial charge >= 0.3 is 0 Å². The Morgan fingerprint density at radius 2 is 2.12 bits per heavy atom. The standard InChI is InChI=1S/C11H16ClN3O/c1-16-8-9-4-6-15(7-5-9)11-3-2-10(12)13-14-11/h2-3,9H,4-8H2,1H3. The summed E-state index contributed by atoms with van der Waals surface area (Å²) in [7, 11) is 1.76. The Bertz CT molecular complexity index is 323. The molecule has 0 N–H and O–H groups in total. The third-order valence-corrected chi connectivity index (χ3v) is 3.16. The number of ether oxygens (including phenoxy) is 1. The van der Waals surface area contributed by atoms with E-state index in [1.807, 2.05) is 6.07 Å². The van der Waals surface area contributed by atoms with Crippen LogP contribution in [0.3, 0.4) is 0 Å². The predicted octanol–water partition coefficient (Wildman–Crippen LogP) is 1.99. The second kappa shape index (κ2) is 5.46. The number of rotatable bonds is 3. The van der Waals surface area contributed by atoms with Crippen LogP contribution >= 0.6 is 11.6 Å². The van der Waals surface area contributed by atoms with Crippen LogP contribution in [0.4, 0.5) is 5.82 Å². The molecule has 1 aliphatic heterocycles. The van der Waals surface area contributed by atoms with Gasteiger partial charge in [-0.15, -0.1) is 10.2 Å². The van der Waals surface area contributed by atoms with Gasteiger partial charge in [-0.2, -0.15) is 0 Å². The minimum Gasteiger partial charge on any atom is -0.384 e. The van der Waals surface area contributed by atoms with Crippen LogP contribution in [-0.2, 0) is 4.74 Å². The van der Waals surface area contributed by atoms with Crippen LogP contribution in [-0.4, -0.2) is 37.0 Å². The van der Waals surface area contributed by atoms with E-state index in [1.54, 1.807) is 13.2 Å². The van der Waals surface area contributed by atoms with Crippen LogP contribution in [0.15, 0.2) is 12.1 Å². The zero-order chi connectivity index (χ0) is 11.4. The van der Waals surface area contributed by atoms with E-state index >= 15 is 0 Å². The number of methoxy groups -OCH3 is 1. The fourth-order valence-corrected chi connectivity index (χ4v) is 2.14. The molecule has 2 heterocycles. The van der Waals surface area contributed by atoms with Crippen molar-refractivity contribution >= 4 is 17.4 Å². The van der Waals surface area contributed by atoms with E-state index in [2.05, 4.69) is 15.1 Å².